The van der Waals surface area contributed by atoms with Crippen molar-refractivity contribution in [2.45, 2.75) is 32.8 Å². The molecule has 1 amide bonds. The number of amides is 1. The fraction of sp³-hybridized carbons (Fsp3) is 0.231. The van der Waals surface area contributed by atoms with Gasteiger partial charge in [0.05, 0.1) is 11.3 Å². The van der Waals surface area contributed by atoms with Gasteiger partial charge in [-0.15, -0.1) is 0 Å². The SMILES string of the molecule is CC(C)(C)OOC(=O)c1ccc(N2CCc3ccccc32)cc1NC(=O)c1ccccc1. The van der Waals surface area contributed by atoms with Gasteiger partial charge in [0.15, 0.2) is 0 Å². The summed E-state index contributed by atoms with van der Waals surface area (Å²) in [7, 11) is 0. The monoisotopic (exact) mass is 430 g/mol. The molecule has 4 rings (SSSR count). The van der Waals surface area contributed by atoms with Crippen LogP contribution >= 0.6 is 0 Å². The molecule has 0 saturated heterocycles. The fourth-order valence-corrected chi connectivity index (χ4v) is 3.58. The summed E-state index contributed by atoms with van der Waals surface area (Å²) in [4.78, 5) is 38.0. The number of nitrogens with zero attached hydrogens (tertiary/aromatic N) is 1. The maximum absolute atomic E-state index is 12.8. The van der Waals surface area contributed by atoms with E-state index in [0.717, 1.165) is 24.3 Å². The van der Waals surface area contributed by atoms with Gasteiger partial charge in [-0.25, -0.2) is 4.79 Å². The van der Waals surface area contributed by atoms with Gasteiger partial charge >= 0.3 is 5.97 Å². The summed E-state index contributed by atoms with van der Waals surface area (Å²) in [5, 5.41) is 2.87. The van der Waals surface area contributed by atoms with E-state index in [0.29, 0.717) is 11.3 Å². The van der Waals surface area contributed by atoms with Crippen molar-refractivity contribution >= 4 is 28.9 Å². The third kappa shape index (κ3) is 4.81. The molecule has 0 bridgehead atoms. The summed E-state index contributed by atoms with van der Waals surface area (Å²) in [6.45, 7) is 6.17. The lowest BCUT2D eigenvalue weighted by atomic mass is 10.1. The molecule has 0 aliphatic carbocycles. The van der Waals surface area contributed by atoms with Gasteiger partial charge in [-0.1, -0.05) is 36.4 Å². The number of fused-ring (bicyclic) bond motifs is 1. The number of para-hydroxylation sites is 1. The van der Waals surface area contributed by atoms with Gasteiger partial charge in [-0.05, 0) is 69.2 Å². The number of anilines is 3. The van der Waals surface area contributed by atoms with E-state index in [2.05, 4.69) is 22.3 Å². The van der Waals surface area contributed by atoms with Crippen LogP contribution in [0.1, 0.15) is 47.1 Å². The van der Waals surface area contributed by atoms with Crippen LogP contribution < -0.4 is 10.2 Å². The number of nitrogens with one attached hydrogen (secondary N) is 1. The Hall–Kier alpha value is -3.64. The molecule has 0 radical (unpaired) electrons. The molecule has 0 fully saturated rings. The van der Waals surface area contributed by atoms with Crippen molar-refractivity contribution in [1.82, 2.24) is 0 Å². The quantitative estimate of drug-likeness (QED) is 0.426. The molecule has 32 heavy (non-hydrogen) atoms. The molecule has 1 N–H and O–H groups in total. The molecule has 0 saturated carbocycles. The van der Waals surface area contributed by atoms with Crippen LogP contribution in [0.15, 0.2) is 72.8 Å². The van der Waals surface area contributed by atoms with Crippen LogP contribution in [0.5, 0.6) is 0 Å². The predicted molar refractivity (Wildman–Crippen MR) is 124 cm³/mol. The number of hydrogen-bond donors (Lipinski definition) is 1. The Bertz CT molecular complexity index is 1140. The number of carbonyl (C=O) groups is 2. The van der Waals surface area contributed by atoms with E-state index in [1.807, 2.05) is 24.3 Å². The average molecular weight is 431 g/mol. The third-order valence-corrected chi connectivity index (χ3v) is 5.07. The highest BCUT2D eigenvalue weighted by Crippen LogP contribution is 2.36. The highest BCUT2D eigenvalue weighted by atomic mass is 17.2. The Morgan fingerprint density at radius 2 is 1.66 bits per heavy atom. The van der Waals surface area contributed by atoms with Crippen molar-refractivity contribution in [3.05, 3.63) is 89.5 Å². The summed E-state index contributed by atoms with van der Waals surface area (Å²) < 4.78 is 0. The molecule has 0 unspecified atom stereocenters. The highest BCUT2D eigenvalue weighted by molar-refractivity contribution is 6.08. The Morgan fingerprint density at radius 3 is 2.41 bits per heavy atom. The van der Waals surface area contributed by atoms with Gasteiger partial charge in [-0.3, -0.25) is 9.68 Å². The molecule has 1 heterocycles. The van der Waals surface area contributed by atoms with Crippen molar-refractivity contribution in [2.75, 3.05) is 16.8 Å². The summed E-state index contributed by atoms with van der Waals surface area (Å²) in [5.41, 5.74) is 3.70. The summed E-state index contributed by atoms with van der Waals surface area (Å²) in [5.74, 6) is -0.980. The maximum atomic E-state index is 12.8. The van der Waals surface area contributed by atoms with Gasteiger partial charge in [0.1, 0.15) is 5.60 Å². The van der Waals surface area contributed by atoms with E-state index >= 15 is 0 Å². The van der Waals surface area contributed by atoms with Crippen molar-refractivity contribution in [2.24, 2.45) is 0 Å². The zero-order valence-corrected chi connectivity index (χ0v) is 18.4. The first kappa shape index (κ1) is 21.6. The first-order valence-electron chi connectivity index (χ1n) is 10.6. The Morgan fingerprint density at radius 1 is 0.938 bits per heavy atom. The topological polar surface area (TPSA) is 67.9 Å². The van der Waals surface area contributed by atoms with Crippen LogP contribution in [0.3, 0.4) is 0 Å². The van der Waals surface area contributed by atoms with Crippen LogP contribution in [-0.4, -0.2) is 24.0 Å². The molecule has 164 valence electrons. The largest absolute Gasteiger partial charge is 0.375 e. The van der Waals surface area contributed by atoms with Gasteiger partial charge in [0.2, 0.25) is 0 Å². The van der Waals surface area contributed by atoms with Gasteiger partial charge in [0.25, 0.3) is 5.91 Å². The molecule has 6 heteroatoms. The Labute approximate surface area is 187 Å². The Balaban J connectivity index is 1.67. The molecule has 1 aliphatic rings. The first-order valence-corrected chi connectivity index (χ1v) is 10.6. The van der Waals surface area contributed by atoms with Crippen LogP contribution in [0.2, 0.25) is 0 Å². The molecular formula is C26H26N2O4. The summed E-state index contributed by atoms with van der Waals surface area (Å²) in [6, 6.07) is 22.4. The second kappa shape index (κ2) is 8.85. The van der Waals surface area contributed by atoms with Gasteiger partial charge < -0.3 is 10.2 Å². The van der Waals surface area contributed by atoms with E-state index in [4.69, 9.17) is 9.78 Å². The van der Waals surface area contributed by atoms with E-state index in [1.54, 1.807) is 57.2 Å². The predicted octanol–water partition coefficient (Wildman–Crippen LogP) is 5.52. The number of carbonyl (C=O) groups excluding carboxylic acids is 2. The highest BCUT2D eigenvalue weighted by Gasteiger charge is 2.24. The zero-order chi connectivity index (χ0) is 22.7. The molecule has 3 aromatic rings. The van der Waals surface area contributed by atoms with Crippen LogP contribution in [0, 0.1) is 0 Å². The number of hydrogen-bond acceptors (Lipinski definition) is 5. The second-order valence-corrected chi connectivity index (χ2v) is 8.65. The second-order valence-electron chi connectivity index (χ2n) is 8.65. The number of rotatable bonds is 5. The van der Waals surface area contributed by atoms with Crippen molar-refractivity contribution < 1.29 is 19.4 Å². The molecule has 1 aliphatic heterocycles. The van der Waals surface area contributed by atoms with Crippen LogP contribution in [0.4, 0.5) is 17.1 Å². The smallest absolute Gasteiger partial charge is 0.341 e. The Kier molecular flexibility index (Phi) is 5.97. The third-order valence-electron chi connectivity index (χ3n) is 5.07. The lowest BCUT2D eigenvalue weighted by Crippen LogP contribution is -2.23. The lowest BCUT2D eigenvalue weighted by molar-refractivity contribution is -0.301. The van der Waals surface area contributed by atoms with E-state index < -0.39 is 11.6 Å². The molecule has 6 nitrogen and oxygen atoms in total. The van der Waals surface area contributed by atoms with E-state index in [-0.39, 0.29) is 11.5 Å². The lowest BCUT2D eigenvalue weighted by Gasteiger charge is -2.22. The van der Waals surface area contributed by atoms with E-state index in [1.165, 1.54) is 5.56 Å². The average Bonchev–Trinajstić information content (AvgIpc) is 3.22. The normalized spacial score (nSPS) is 12.9. The van der Waals surface area contributed by atoms with Crippen molar-refractivity contribution in [3.8, 4) is 0 Å². The summed E-state index contributed by atoms with van der Waals surface area (Å²) in [6.07, 6.45) is 0.936. The standard InChI is InChI=1S/C26H26N2O4/c1-26(2,3)32-31-25(30)21-14-13-20(28-16-15-18-9-7-8-12-23(18)28)17-22(21)27-24(29)19-10-5-4-6-11-19/h4-14,17H,15-16H2,1-3H3,(H,27,29). The molecular weight excluding hydrogens is 404 g/mol. The van der Waals surface area contributed by atoms with Gasteiger partial charge in [0, 0.05) is 23.5 Å². The minimum Gasteiger partial charge on any atom is -0.341 e. The van der Waals surface area contributed by atoms with Gasteiger partial charge in [-0.2, -0.15) is 4.89 Å². The fourth-order valence-electron chi connectivity index (χ4n) is 3.58. The first-order chi connectivity index (χ1) is 15.3. The van der Waals surface area contributed by atoms with Crippen LogP contribution in [-0.2, 0) is 16.2 Å². The van der Waals surface area contributed by atoms with Crippen molar-refractivity contribution in [3.63, 3.8) is 0 Å². The molecule has 3 aromatic carbocycles. The molecule has 0 atom stereocenters. The zero-order valence-electron chi connectivity index (χ0n) is 18.4. The van der Waals surface area contributed by atoms with E-state index in [9.17, 15) is 9.59 Å². The van der Waals surface area contributed by atoms with Crippen molar-refractivity contribution in [1.29, 1.82) is 0 Å². The summed E-state index contributed by atoms with van der Waals surface area (Å²) >= 11 is 0. The number of benzene rings is 3. The minimum atomic E-state index is -0.670. The maximum Gasteiger partial charge on any atom is 0.375 e. The molecule has 0 aromatic heterocycles. The molecule has 0 spiro atoms. The van der Waals surface area contributed by atoms with Crippen LogP contribution in [0.25, 0.3) is 0 Å². The minimum absolute atomic E-state index is 0.217.